The summed E-state index contributed by atoms with van der Waals surface area (Å²) in [6, 6.07) is -0.416. The number of fused-ring (bicyclic) bond motifs is 1. The lowest BCUT2D eigenvalue weighted by Crippen LogP contribution is -2.52. The minimum Gasteiger partial charge on any atom is -0.465 e. The molecule has 0 bridgehead atoms. The molecule has 2 aliphatic heterocycles. The topological polar surface area (TPSA) is 79.0 Å². The van der Waals surface area contributed by atoms with Crippen molar-refractivity contribution in [3.8, 4) is 0 Å². The predicted octanol–water partition coefficient (Wildman–Crippen LogP) is 1.28. The number of ether oxygens (including phenoxy) is 1. The second-order valence-electron chi connectivity index (χ2n) is 5.35. The summed E-state index contributed by atoms with van der Waals surface area (Å²) in [5.41, 5.74) is 0.810. The lowest BCUT2D eigenvalue weighted by atomic mass is 9.99. The van der Waals surface area contributed by atoms with Crippen molar-refractivity contribution >= 4 is 41.7 Å². The van der Waals surface area contributed by atoms with Crippen molar-refractivity contribution in [2.75, 3.05) is 20.7 Å². The number of allylic oxidation sites excluding steroid dienone is 1. The normalized spacial score (nSPS) is 22.5. The van der Waals surface area contributed by atoms with Crippen LogP contribution < -0.4 is 0 Å². The molecule has 2 aliphatic rings. The van der Waals surface area contributed by atoms with Gasteiger partial charge in [-0.15, -0.1) is 16.8 Å². The van der Waals surface area contributed by atoms with E-state index in [4.69, 9.17) is 4.74 Å². The molecule has 23 heavy (non-hydrogen) atoms. The van der Waals surface area contributed by atoms with E-state index in [1.54, 1.807) is 27.1 Å². The van der Waals surface area contributed by atoms with Crippen molar-refractivity contribution in [1.82, 2.24) is 4.90 Å². The third-order valence-corrected chi connectivity index (χ3v) is 5.07. The first-order valence-electron chi connectivity index (χ1n) is 7.29. The highest BCUT2D eigenvalue weighted by molar-refractivity contribution is 8.04. The Morgan fingerprint density at radius 1 is 1.52 bits per heavy atom. The van der Waals surface area contributed by atoms with Gasteiger partial charge >= 0.3 is 17.9 Å². The van der Waals surface area contributed by atoms with Crippen molar-refractivity contribution in [3.05, 3.63) is 10.5 Å². The second-order valence-corrected chi connectivity index (χ2v) is 6.73. The Balaban J connectivity index is 2.39. The molecule has 3 amide bonds. The minimum absolute atomic E-state index is 0.308. The van der Waals surface area contributed by atoms with Crippen molar-refractivity contribution in [1.29, 1.82) is 0 Å². The number of carbonyl (C=O) groups is 3. The van der Waals surface area contributed by atoms with Gasteiger partial charge in [0.2, 0.25) is 0 Å². The molecule has 0 saturated carbocycles. The van der Waals surface area contributed by atoms with E-state index >= 15 is 0 Å². The number of hydrogen-bond donors (Lipinski definition) is 0. The number of hydrogen-bond acceptors (Lipinski definition) is 6. The molecule has 2 unspecified atom stereocenters. The molecule has 8 heteroatoms. The van der Waals surface area contributed by atoms with Gasteiger partial charge in [-0.3, -0.25) is 9.59 Å². The number of nitrogens with zero attached hydrogens (tertiary/aromatic N) is 3. The van der Waals surface area contributed by atoms with Crippen LogP contribution in [0.5, 0.6) is 0 Å². The molecule has 0 aromatic carbocycles. The lowest BCUT2D eigenvalue weighted by Gasteiger charge is -2.28. The molecule has 2 atom stereocenters. The predicted molar refractivity (Wildman–Crippen MR) is 87.7 cm³/mol. The third-order valence-electron chi connectivity index (χ3n) is 3.72. The first kappa shape index (κ1) is 17.4. The van der Waals surface area contributed by atoms with E-state index < -0.39 is 17.2 Å². The number of amides is 3. The lowest BCUT2D eigenvalue weighted by molar-refractivity contribution is -0.407. The van der Waals surface area contributed by atoms with Gasteiger partial charge in [0, 0.05) is 4.91 Å². The molecule has 0 spiro atoms. The van der Waals surface area contributed by atoms with Crippen LogP contribution >= 0.6 is 11.8 Å². The van der Waals surface area contributed by atoms with Gasteiger partial charge in [-0.1, -0.05) is 0 Å². The van der Waals surface area contributed by atoms with Crippen LogP contribution in [0.15, 0.2) is 15.5 Å². The summed E-state index contributed by atoms with van der Waals surface area (Å²) in [5, 5.41) is -0.450. The fourth-order valence-electron chi connectivity index (χ4n) is 2.42. The van der Waals surface area contributed by atoms with Gasteiger partial charge in [0.1, 0.15) is 11.5 Å². The Labute approximate surface area is 139 Å². The van der Waals surface area contributed by atoms with Crippen molar-refractivity contribution in [2.45, 2.75) is 26.0 Å². The number of rotatable bonds is 4. The van der Waals surface area contributed by atoms with Gasteiger partial charge in [-0.25, -0.2) is 4.79 Å². The fourth-order valence-corrected chi connectivity index (χ4v) is 3.55. The Kier molecular flexibility index (Phi) is 5.03. The van der Waals surface area contributed by atoms with Gasteiger partial charge in [0.15, 0.2) is 5.92 Å². The van der Waals surface area contributed by atoms with E-state index in [2.05, 4.69) is 4.99 Å². The van der Waals surface area contributed by atoms with Crippen LogP contribution in [0.25, 0.3) is 0 Å². The molecular weight excluding hydrogens is 318 g/mol. The van der Waals surface area contributed by atoms with Crippen molar-refractivity contribution in [3.63, 3.8) is 0 Å². The summed E-state index contributed by atoms with van der Waals surface area (Å²) in [5.74, 6) is -0.933. The highest BCUT2D eigenvalue weighted by Gasteiger charge is 2.48. The van der Waals surface area contributed by atoms with Gasteiger partial charge in [0.05, 0.1) is 20.7 Å². The molecule has 0 fully saturated rings. The average molecular weight is 338 g/mol. The number of thioether (sulfide) groups is 1. The third kappa shape index (κ3) is 3.08. The molecule has 0 saturated heterocycles. The van der Waals surface area contributed by atoms with Crippen LogP contribution in [0, 0.1) is 5.92 Å². The number of carbonyl (C=O) groups excluding carboxylic acids is 3. The Hall–Kier alpha value is -1.96. The van der Waals surface area contributed by atoms with Crippen LogP contribution in [0.2, 0.25) is 0 Å². The van der Waals surface area contributed by atoms with Crippen LogP contribution in [0.3, 0.4) is 0 Å². The number of imide groups is 1. The highest BCUT2D eigenvalue weighted by Crippen LogP contribution is 2.37. The number of aliphatic imine (C=N–C) groups is 1. The summed E-state index contributed by atoms with van der Waals surface area (Å²) >= 11 is 1.28. The first-order chi connectivity index (χ1) is 10.8. The minimum atomic E-state index is -0.658. The number of esters is 1. The quantitative estimate of drug-likeness (QED) is 0.570. The molecule has 7 nitrogen and oxygen atoms in total. The molecule has 2 heterocycles. The Morgan fingerprint density at radius 3 is 2.78 bits per heavy atom. The number of amidine groups is 1. The van der Waals surface area contributed by atoms with Crippen molar-refractivity contribution in [2.24, 2.45) is 10.9 Å². The summed E-state index contributed by atoms with van der Waals surface area (Å²) in [6.07, 6.45) is 1.62. The van der Waals surface area contributed by atoms with E-state index in [1.807, 2.05) is 6.92 Å². The molecule has 0 aliphatic carbocycles. The summed E-state index contributed by atoms with van der Waals surface area (Å²) in [6.45, 7) is 5.63. The summed E-state index contributed by atoms with van der Waals surface area (Å²) in [7, 11) is 3.03. The molecule has 124 valence electrons. The molecule has 0 N–H and O–H groups in total. The van der Waals surface area contributed by atoms with Crippen molar-refractivity contribution < 1.29 is 23.7 Å². The monoisotopic (exact) mass is 338 g/mol. The zero-order valence-corrected chi connectivity index (χ0v) is 14.6. The average Bonchev–Trinajstić information content (AvgIpc) is 2.52. The van der Waals surface area contributed by atoms with Crippen LogP contribution in [-0.2, 0) is 14.3 Å². The van der Waals surface area contributed by atoms with Gasteiger partial charge in [-0.05, 0) is 26.3 Å². The zero-order valence-electron chi connectivity index (χ0n) is 13.8. The van der Waals surface area contributed by atoms with E-state index in [1.165, 1.54) is 23.4 Å². The molecule has 0 radical (unpaired) electrons. The molecule has 2 rings (SSSR count). The maximum absolute atomic E-state index is 12.6. The summed E-state index contributed by atoms with van der Waals surface area (Å²) < 4.78 is 6.39. The number of dihydropyridines is 1. The van der Waals surface area contributed by atoms with Crippen LogP contribution in [0.4, 0.5) is 4.79 Å². The highest BCUT2D eigenvalue weighted by atomic mass is 32.2. The maximum Gasteiger partial charge on any atom is 0.445 e. The standard InChI is InChI=1S/C15H20N3O4S/c1-6-22-14(20)9(3)23-11-8(2)7-16-12-10(11)13(19)18(5)15(21)17(12)4/h7,9-10H,6H2,1-5H3/q+1. The maximum atomic E-state index is 12.6. The Bertz CT molecular complexity index is 666. The van der Waals surface area contributed by atoms with E-state index in [-0.39, 0.29) is 11.9 Å². The van der Waals surface area contributed by atoms with Gasteiger partial charge in [-0.2, -0.15) is 9.48 Å². The second kappa shape index (κ2) is 6.66. The van der Waals surface area contributed by atoms with E-state index in [0.29, 0.717) is 12.4 Å². The van der Waals surface area contributed by atoms with Gasteiger partial charge in [0.25, 0.3) is 5.84 Å². The molecular formula is C15H20N3O4S+. The Morgan fingerprint density at radius 2 is 2.17 bits per heavy atom. The SMILES string of the molecule is CCOC(=O)C(C)SC1=C(C)C=NC2=[N+](C)C(=O)N(C)C(=O)C12. The first-order valence-corrected chi connectivity index (χ1v) is 8.17. The smallest absolute Gasteiger partial charge is 0.445 e. The van der Waals surface area contributed by atoms with Gasteiger partial charge < -0.3 is 4.74 Å². The fraction of sp³-hybridized carbons (Fsp3) is 0.533. The van der Waals surface area contributed by atoms with Crippen LogP contribution in [-0.4, -0.2) is 65.4 Å². The zero-order chi connectivity index (χ0) is 17.3. The number of urea groups is 1. The van der Waals surface area contributed by atoms with Crippen LogP contribution in [0.1, 0.15) is 20.8 Å². The molecule has 0 aromatic heterocycles. The van der Waals surface area contributed by atoms with E-state index in [9.17, 15) is 14.4 Å². The summed E-state index contributed by atoms with van der Waals surface area (Å²) in [4.78, 5) is 42.5. The van der Waals surface area contributed by atoms with E-state index in [0.717, 1.165) is 15.4 Å². The largest absolute Gasteiger partial charge is 0.465 e. The molecule has 0 aromatic rings.